The highest BCUT2D eigenvalue weighted by Gasteiger charge is 2.20. The van der Waals surface area contributed by atoms with Crippen molar-refractivity contribution in [3.05, 3.63) is 11.9 Å². The Hall–Kier alpha value is -0.590. The van der Waals surface area contributed by atoms with Gasteiger partial charge in [0.15, 0.2) is 0 Å². The van der Waals surface area contributed by atoms with Crippen molar-refractivity contribution in [3.63, 3.8) is 0 Å². The molecule has 5 nitrogen and oxygen atoms in total. The fraction of sp³-hybridized carbons (Fsp3) is 0.750. The van der Waals surface area contributed by atoms with Gasteiger partial charge in [0, 0.05) is 30.0 Å². The van der Waals surface area contributed by atoms with E-state index in [0.717, 1.165) is 12.8 Å². The Morgan fingerprint density at radius 2 is 2.16 bits per heavy atom. The van der Waals surface area contributed by atoms with E-state index in [9.17, 15) is 8.42 Å². The van der Waals surface area contributed by atoms with E-state index in [-0.39, 0.29) is 11.5 Å². The van der Waals surface area contributed by atoms with Gasteiger partial charge in [0.25, 0.3) is 9.05 Å². The molecule has 0 aliphatic carbocycles. The maximum Gasteiger partial charge on any atom is 0.264 e. The average molecular weight is 309 g/mol. The van der Waals surface area contributed by atoms with Crippen molar-refractivity contribution in [1.82, 2.24) is 9.78 Å². The quantitative estimate of drug-likeness (QED) is 0.693. The third-order valence-corrected chi connectivity index (χ3v) is 3.86. The van der Waals surface area contributed by atoms with Crippen LogP contribution in [0.15, 0.2) is 11.1 Å². The minimum Gasteiger partial charge on any atom is -0.375 e. The number of unbranched alkanes of at least 4 members (excludes halogenated alkanes) is 1. The first kappa shape index (κ1) is 16.5. The van der Waals surface area contributed by atoms with Gasteiger partial charge in [-0.25, -0.2) is 8.42 Å². The van der Waals surface area contributed by atoms with Gasteiger partial charge in [-0.2, -0.15) is 5.10 Å². The molecule has 0 aliphatic rings. The van der Waals surface area contributed by atoms with Crippen molar-refractivity contribution in [1.29, 1.82) is 0 Å². The van der Waals surface area contributed by atoms with Crippen LogP contribution in [0.2, 0.25) is 0 Å². The van der Waals surface area contributed by atoms with Crippen molar-refractivity contribution < 1.29 is 13.2 Å². The summed E-state index contributed by atoms with van der Waals surface area (Å²) in [6.45, 7) is 7.52. The number of aryl methyl sites for hydroxylation is 1. The zero-order valence-electron chi connectivity index (χ0n) is 11.6. The molecular formula is C12H21ClN2O3S. The lowest BCUT2D eigenvalue weighted by Crippen LogP contribution is -2.05. The van der Waals surface area contributed by atoms with Crippen LogP contribution in [0, 0.1) is 5.92 Å². The molecule has 0 radical (unpaired) electrons. The minimum atomic E-state index is -3.78. The highest BCUT2D eigenvalue weighted by atomic mass is 35.7. The van der Waals surface area contributed by atoms with Gasteiger partial charge in [0.05, 0.1) is 6.61 Å². The van der Waals surface area contributed by atoms with Crippen LogP contribution in [-0.4, -0.2) is 24.8 Å². The Labute approximate surface area is 119 Å². The van der Waals surface area contributed by atoms with Gasteiger partial charge in [-0.3, -0.25) is 4.68 Å². The molecule has 7 heteroatoms. The second-order valence-corrected chi connectivity index (χ2v) is 7.44. The third kappa shape index (κ3) is 5.50. The average Bonchev–Trinajstić information content (AvgIpc) is 2.69. The molecule has 0 spiro atoms. The second-order valence-electron chi connectivity index (χ2n) is 4.90. The largest absolute Gasteiger partial charge is 0.375 e. The molecule has 19 heavy (non-hydrogen) atoms. The summed E-state index contributed by atoms with van der Waals surface area (Å²) in [5.74, 6) is 0.387. The number of ether oxygens (including phenoxy) is 1. The van der Waals surface area contributed by atoms with Gasteiger partial charge in [-0.05, 0) is 12.3 Å². The van der Waals surface area contributed by atoms with Crippen molar-refractivity contribution >= 4 is 19.7 Å². The first-order chi connectivity index (χ1) is 8.84. The topological polar surface area (TPSA) is 61.2 Å². The minimum absolute atomic E-state index is 0.0500. The maximum atomic E-state index is 11.5. The van der Waals surface area contributed by atoms with E-state index in [1.54, 1.807) is 4.68 Å². The van der Waals surface area contributed by atoms with Crippen molar-refractivity contribution in [3.8, 4) is 0 Å². The molecule has 0 atom stereocenters. The number of nitrogens with zero attached hydrogens (tertiary/aromatic N) is 2. The van der Waals surface area contributed by atoms with E-state index in [1.807, 2.05) is 13.8 Å². The van der Waals surface area contributed by atoms with E-state index in [2.05, 4.69) is 12.0 Å². The van der Waals surface area contributed by atoms with Gasteiger partial charge in [0.2, 0.25) is 0 Å². The van der Waals surface area contributed by atoms with Crippen LogP contribution < -0.4 is 0 Å². The molecule has 0 N–H and O–H groups in total. The summed E-state index contributed by atoms with van der Waals surface area (Å²) in [6, 6.07) is 0. The fourth-order valence-corrected chi connectivity index (χ4v) is 2.59. The van der Waals surface area contributed by atoms with Crippen LogP contribution in [0.5, 0.6) is 0 Å². The Kier molecular flexibility index (Phi) is 6.29. The molecule has 0 saturated heterocycles. The molecule has 1 rings (SSSR count). The van der Waals surface area contributed by atoms with Crippen LogP contribution >= 0.6 is 10.7 Å². The van der Waals surface area contributed by atoms with Crippen LogP contribution in [0.1, 0.15) is 39.3 Å². The molecular weight excluding hydrogens is 288 g/mol. The zero-order chi connectivity index (χ0) is 14.5. The van der Waals surface area contributed by atoms with Crippen LogP contribution in [0.3, 0.4) is 0 Å². The summed E-state index contributed by atoms with van der Waals surface area (Å²) in [6.07, 6.45) is 3.43. The van der Waals surface area contributed by atoms with Crippen LogP contribution in [0.25, 0.3) is 0 Å². The Balaban J connectivity index is 2.84. The summed E-state index contributed by atoms with van der Waals surface area (Å²) in [5, 5.41) is 4.24. The maximum absolute atomic E-state index is 11.5. The summed E-state index contributed by atoms with van der Waals surface area (Å²) in [5.41, 5.74) is 0.381. The third-order valence-electron chi connectivity index (χ3n) is 2.49. The van der Waals surface area contributed by atoms with Crippen LogP contribution in [-0.2, 0) is 26.9 Å². The zero-order valence-corrected chi connectivity index (χ0v) is 13.2. The molecule has 0 aliphatic heterocycles. The van der Waals surface area contributed by atoms with E-state index in [1.165, 1.54) is 6.20 Å². The molecule has 0 aromatic carbocycles. The van der Waals surface area contributed by atoms with Gasteiger partial charge >= 0.3 is 0 Å². The van der Waals surface area contributed by atoms with Crippen LogP contribution in [0.4, 0.5) is 0 Å². The molecule has 0 unspecified atom stereocenters. The molecule has 1 heterocycles. The first-order valence-corrected chi connectivity index (χ1v) is 8.74. The smallest absolute Gasteiger partial charge is 0.264 e. The predicted molar refractivity (Wildman–Crippen MR) is 74.7 cm³/mol. The Morgan fingerprint density at radius 1 is 1.47 bits per heavy atom. The Bertz CT molecular complexity index is 497. The molecule has 0 amide bonds. The van der Waals surface area contributed by atoms with E-state index < -0.39 is 9.05 Å². The fourth-order valence-electron chi connectivity index (χ4n) is 1.57. The molecule has 110 valence electrons. The van der Waals surface area contributed by atoms with Gasteiger partial charge < -0.3 is 4.74 Å². The summed E-state index contributed by atoms with van der Waals surface area (Å²) in [7, 11) is 1.64. The predicted octanol–water partition coefficient (Wildman–Crippen LogP) is 2.78. The van der Waals surface area contributed by atoms with E-state index in [4.69, 9.17) is 15.4 Å². The number of hydrogen-bond donors (Lipinski definition) is 0. The molecule has 1 aromatic rings. The summed E-state index contributed by atoms with van der Waals surface area (Å²) in [4.78, 5) is 0.0500. The van der Waals surface area contributed by atoms with E-state index in [0.29, 0.717) is 24.8 Å². The summed E-state index contributed by atoms with van der Waals surface area (Å²) < 4.78 is 30.0. The normalized spacial score (nSPS) is 12.3. The van der Waals surface area contributed by atoms with E-state index >= 15 is 0 Å². The summed E-state index contributed by atoms with van der Waals surface area (Å²) >= 11 is 0. The van der Waals surface area contributed by atoms with Crippen molar-refractivity contribution in [2.24, 2.45) is 5.92 Å². The Morgan fingerprint density at radius 3 is 2.68 bits per heavy atom. The number of aromatic nitrogens is 2. The second kappa shape index (κ2) is 7.26. The monoisotopic (exact) mass is 308 g/mol. The molecule has 1 aromatic heterocycles. The number of hydrogen-bond acceptors (Lipinski definition) is 4. The van der Waals surface area contributed by atoms with Gasteiger partial charge in [-0.1, -0.05) is 27.2 Å². The van der Waals surface area contributed by atoms with Gasteiger partial charge in [0.1, 0.15) is 10.6 Å². The van der Waals surface area contributed by atoms with Gasteiger partial charge in [-0.15, -0.1) is 0 Å². The lowest BCUT2D eigenvalue weighted by Gasteiger charge is -2.05. The number of halogens is 1. The molecule has 0 fully saturated rings. The standard InChI is InChI=1S/C12H21ClN2O3S/c1-4-5-6-15-7-12(19(13,16)17)11(14-15)9-18-8-10(2)3/h7,10H,4-6,8-9H2,1-3H3. The lowest BCUT2D eigenvalue weighted by molar-refractivity contribution is 0.0930. The highest BCUT2D eigenvalue weighted by molar-refractivity contribution is 8.13. The first-order valence-electron chi connectivity index (χ1n) is 6.43. The SMILES string of the molecule is CCCCn1cc(S(=O)(=O)Cl)c(COCC(C)C)n1. The van der Waals surface area contributed by atoms with Crippen molar-refractivity contribution in [2.75, 3.05) is 6.61 Å². The molecule has 0 bridgehead atoms. The van der Waals surface area contributed by atoms with Crippen molar-refractivity contribution in [2.45, 2.75) is 51.7 Å². The molecule has 0 saturated carbocycles. The lowest BCUT2D eigenvalue weighted by atomic mass is 10.2. The highest BCUT2D eigenvalue weighted by Crippen LogP contribution is 2.20. The number of rotatable bonds is 8.